The molecular weight excluding hydrogens is 452 g/mol. The number of carbonyl (C=O) groups excluding carboxylic acids is 3. The number of rotatable bonds is 11. The first-order valence-electron chi connectivity index (χ1n) is 11.5. The van der Waals surface area contributed by atoms with Gasteiger partial charge in [-0.15, -0.1) is 0 Å². The highest BCUT2D eigenvalue weighted by atomic mass is 16.6. The van der Waals surface area contributed by atoms with Gasteiger partial charge in [-0.05, 0) is 72.1 Å². The summed E-state index contributed by atoms with van der Waals surface area (Å²) in [6.45, 7) is 11.3. The number of nitrogens with two attached hydrogens (primary N) is 3. The van der Waals surface area contributed by atoms with E-state index in [-0.39, 0.29) is 30.9 Å². The second kappa shape index (κ2) is 12.8. The molecule has 2 unspecified atom stereocenters. The van der Waals surface area contributed by atoms with Crippen molar-refractivity contribution in [3.8, 4) is 5.75 Å². The average molecular weight is 493 g/mol. The van der Waals surface area contributed by atoms with Gasteiger partial charge in [0, 0.05) is 13.0 Å². The van der Waals surface area contributed by atoms with E-state index in [2.05, 4.69) is 15.6 Å². The van der Waals surface area contributed by atoms with Crippen LogP contribution in [0.25, 0.3) is 0 Å². The molecule has 0 aromatic heterocycles. The molecule has 3 amide bonds. The predicted octanol–water partition coefficient (Wildman–Crippen LogP) is 1.32. The third-order valence-corrected chi connectivity index (χ3v) is 4.40. The molecule has 11 nitrogen and oxygen atoms in total. The smallest absolute Gasteiger partial charge is 0.408 e. The molecule has 2 atom stereocenters. The normalized spacial score (nSPS) is 13.2. The lowest BCUT2D eigenvalue weighted by Gasteiger charge is -2.25. The van der Waals surface area contributed by atoms with Gasteiger partial charge in [-0.1, -0.05) is 12.1 Å². The minimum Gasteiger partial charge on any atom is -0.488 e. The quantitative estimate of drug-likeness (QED) is 0.175. The van der Waals surface area contributed by atoms with Crippen molar-refractivity contribution in [1.29, 1.82) is 0 Å². The summed E-state index contributed by atoms with van der Waals surface area (Å²) in [6.07, 6.45) is 0.0511. The highest BCUT2D eigenvalue weighted by Gasteiger charge is 2.28. The number of hydrogen-bond acceptors (Lipinski definition) is 6. The van der Waals surface area contributed by atoms with Crippen LogP contribution < -0.4 is 32.6 Å². The van der Waals surface area contributed by atoms with Gasteiger partial charge in [0.15, 0.2) is 5.96 Å². The predicted molar refractivity (Wildman–Crippen MR) is 135 cm³/mol. The fraction of sp³-hybridized carbons (Fsp3) is 0.583. The molecular formula is C24H40N6O5. The van der Waals surface area contributed by atoms with Crippen molar-refractivity contribution in [2.24, 2.45) is 22.2 Å². The third kappa shape index (κ3) is 13.1. The molecule has 1 rings (SSSR count). The summed E-state index contributed by atoms with van der Waals surface area (Å²) in [5.74, 6) is -0.665. The van der Waals surface area contributed by atoms with Gasteiger partial charge in [0.2, 0.25) is 11.8 Å². The van der Waals surface area contributed by atoms with Crippen molar-refractivity contribution >= 4 is 23.9 Å². The van der Waals surface area contributed by atoms with Crippen LogP contribution in [0.15, 0.2) is 29.3 Å². The molecule has 8 N–H and O–H groups in total. The molecule has 1 aromatic rings. The molecule has 0 saturated heterocycles. The Morgan fingerprint density at radius 3 is 2.00 bits per heavy atom. The standard InChI is InChI=1S/C24H40N6O5/c1-23(2,3)34-16-11-9-15(10-12-16)14-18(30-22(33)35-24(4,5)6)20(32)29-17(19(25)31)8-7-13-28-21(26)27/h9-12,17-18H,7-8,13-14H2,1-6H3,(H2,25,31)(H,29,32)(H,30,33)(H4,26,27,28). The van der Waals surface area contributed by atoms with E-state index in [9.17, 15) is 14.4 Å². The number of benzene rings is 1. The van der Waals surface area contributed by atoms with Crippen molar-refractivity contribution in [3.05, 3.63) is 29.8 Å². The lowest BCUT2D eigenvalue weighted by Crippen LogP contribution is -2.54. The van der Waals surface area contributed by atoms with Crippen molar-refractivity contribution in [2.45, 2.75) is 84.1 Å². The molecule has 0 aliphatic carbocycles. The number of nitrogens with zero attached hydrogens (tertiary/aromatic N) is 1. The van der Waals surface area contributed by atoms with E-state index in [4.69, 9.17) is 26.7 Å². The number of ether oxygens (including phenoxy) is 2. The minimum atomic E-state index is -1.02. The zero-order valence-corrected chi connectivity index (χ0v) is 21.5. The van der Waals surface area contributed by atoms with Crippen LogP contribution in [0.5, 0.6) is 5.75 Å². The van der Waals surface area contributed by atoms with Gasteiger partial charge in [0.05, 0.1) is 0 Å². The van der Waals surface area contributed by atoms with Crippen LogP contribution in [0, 0.1) is 0 Å². The van der Waals surface area contributed by atoms with Gasteiger partial charge >= 0.3 is 6.09 Å². The lowest BCUT2D eigenvalue weighted by atomic mass is 10.0. The SMILES string of the molecule is CC(C)(C)OC(=O)NC(Cc1ccc(OC(C)(C)C)cc1)C(=O)NC(CCCN=C(N)N)C(N)=O. The Balaban J connectivity index is 2.99. The maximum Gasteiger partial charge on any atom is 0.408 e. The Morgan fingerprint density at radius 2 is 1.51 bits per heavy atom. The molecule has 0 fully saturated rings. The zero-order chi connectivity index (χ0) is 26.8. The van der Waals surface area contributed by atoms with Gasteiger partial charge < -0.3 is 37.3 Å². The molecule has 0 spiro atoms. The van der Waals surface area contributed by atoms with E-state index >= 15 is 0 Å². The summed E-state index contributed by atoms with van der Waals surface area (Å²) >= 11 is 0. The molecule has 196 valence electrons. The number of hydrogen-bond donors (Lipinski definition) is 5. The maximum absolute atomic E-state index is 13.1. The Kier molecular flexibility index (Phi) is 10.8. The Labute approximate surface area is 207 Å². The van der Waals surface area contributed by atoms with Gasteiger partial charge in [-0.3, -0.25) is 14.6 Å². The zero-order valence-electron chi connectivity index (χ0n) is 21.5. The van der Waals surface area contributed by atoms with Gasteiger partial charge in [0.25, 0.3) is 0 Å². The van der Waals surface area contributed by atoms with E-state index in [1.807, 2.05) is 20.8 Å². The second-order valence-electron chi connectivity index (χ2n) is 10.2. The number of amides is 3. The summed E-state index contributed by atoms with van der Waals surface area (Å²) in [5, 5.41) is 5.21. The van der Waals surface area contributed by atoms with Crippen LogP contribution in [0.4, 0.5) is 4.79 Å². The average Bonchev–Trinajstić information content (AvgIpc) is 2.68. The molecule has 11 heteroatoms. The highest BCUT2D eigenvalue weighted by Crippen LogP contribution is 2.19. The summed E-state index contributed by atoms with van der Waals surface area (Å²) in [5.41, 5.74) is 15.7. The minimum absolute atomic E-state index is 0.0646. The van der Waals surface area contributed by atoms with Gasteiger partial charge in [-0.25, -0.2) is 4.79 Å². The molecule has 0 radical (unpaired) electrons. The lowest BCUT2D eigenvalue weighted by molar-refractivity contribution is -0.128. The van der Waals surface area contributed by atoms with E-state index in [1.54, 1.807) is 45.0 Å². The number of alkyl carbamates (subject to hydrolysis) is 1. The first-order chi connectivity index (χ1) is 16.1. The largest absolute Gasteiger partial charge is 0.488 e. The number of aliphatic imine (C=N–C) groups is 1. The van der Waals surface area contributed by atoms with Crippen molar-refractivity contribution < 1.29 is 23.9 Å². The van der Waals surface area contributed by atoms with Crippen molar-refractivity contribution in [1.82, 2.24) is 10.6 Å². The van der Waals surface area contributed by atoms with Crippen LogP contribution in [0.1, 0.15) is 59.9 Å². The molecule has 1 aromatic carbocycles. The van der Waals surface area contributed by atoms with Crippen LogP contribution in [0.2, 0.25) is 0 Å². The first-order valence-corrected chi connectivity index (χ1v) is 11.5. The van der Waals surface area contributed by atoms with Crippen LogP contribution in [-0.2, 0) is 20.7 Å². The van der Waals surface area contributed by atoms with E-state index in [0.717, 1.165) is 5.56 Å². The Morgan fingerprint density at radius 1 is 0.914 bits per heavy atom. The van der Waals surface area contributed by atoms with Gasteiger partial charge in [-0.2, -0.15) is 0 Å². The second-order valence-corrected chi connectivity index (χ2v) is 10.2. The number of nitrogens with one attached hydrogen (secondary N) is 2. The van der Waals surface area contributed by atoms with E-state index in [1.165, 1.54) is 0 Å². The molecule has 0 heterocycles. The fourth-order valence-electron chi connectivity index (χ4n) is 3.00. The molecule has 35 heavy (non-hydrogen) atoms. The monoisotopic (exact) mass is 492 g/mol. The Hall–Kier alpha value is -3.50. The maximum atomic E-state index is 13.1. The fourth-order valence-corrected chi connectivity index (χ4v) is 3.00. The van der Waals surface area contributed by atoms with Crippen molar-refractivity contribution in [3.63, 3.8) is 0 Å². The van der Waals surface area contributed by atoms with Crippen LogP contribution in [-0.4, -0.2) is 53.7 Å². The molecule has 0 saturated carbocycles. The summed E-state index contributed by atoms with van der Waals surface area (Å²) in [4.78, 5) is 41.2. The molecule has 0 aliphatic heterocycles. The number of primary amides is 1. The van der Waals surface area contributed by atoms with Crippen LogP contribution in [0.3, 0.4) is 0 Å². The number of carbonyl (C=O) groups is 3. The highest BCUT2D eigenvalue weighted by molar-refractivity contribution is 5.91. The first kappa shape index (κ1) is 29.5. The van der Waals surface area contributed by atoms with Crippen molar-refractivity contribution in [2.75, 3.05) is 6.54 Å². The Bertz CT molecular complexity index is 883. The summed E-state index contributed by atoms with van der Waals surface area (Å²) in [6, 6.07) is 5.22. The molecule has 0 aliphatic rings. The number of guanidine groups is 1. The van der Waals surface area contributed by atoms with E-state index < -0.39 is 35.6 Å². The van der Waals surface area contributed by atoms with E-state index in [0.29, 0.717) is 12.2 Å². The topological polar surface area (TPSA) is 184 Å². The summed E-state index contributed by atoms with van der Waals surface area (Å²) in [7, 11) is 0. The van der Waals surface area contributed by atoms with Gasteiger partial charge in [0.1, 0.15) is 29.0 Å². The summed E-state index contributed by atoms with van der Waals surface area (Å²) < 4.78 is 11.1. The third-order valence-electron chi connectivity index (χ3n) is 4.40. The molecule has 0 bridgehead atoms. The van der Waals surface area contributed by atoms with Crippen LogP contribution >= 0.6 is 0 Å².